The molecule has 8 heteroatoms. The van der Waals surface area contributed by atoms with Crippen LogP contribution in [0.2, 0.25) is 5.02 Å². The van der Waals surface area contributed by atoms with Crippen molar-refractivity contribution in [3.05, 3.63) is 34.4 Å². The fraction of sp³-hybridized carbons (Fsp3) is 0.640. The second kappa shape index (κ2) is 11.2. The fourth-order valence-corrected chi connectivity index (χ4v) is 5.04. The maximum Gasteiger partial charge on any atom is 0.254 e. The molecule has 0 radical (unpaired) electrons. The average Bonchev–Trinajstić information content (AvgIpc) is 3.08. The molecule has 0 spiro atoms. The normalized spacial score (nSPS) is 18.5. The van der Waals surface area contributed by atoms with Gasteiger partial charge in [0, 0.05) is 37.5 Å². The van der Waals surface area contributed by atoms with Gasteiger partial charge in [-0.25, -0.2) is 0 Å². The topological polar surface area (TPSA) is 69.5 Å². The minimum absolute atomic E-state index is 0.0294. The number of likely N-dealkylation sites (tertiary alicyclic amines) is 1. The van der Waals surface area contributed by atoms with Gasteiger partial charge in [0.15, 0.2) is 11.5 Å². The van der Waals surface area contributed by atoms with E-state index in [-0.39, 0.29) is 11.8 Å². The molecule has 1 fully saturated rings. The SMILES string of the molecule is CCCCOc1c(Cl)cc(C(=O)N2CCCC(c3nnc4n3CCCCC4)C2)cc1OCC. The molecule has 180 valence electrons. The summed E-state index contributed by atoms with van der Waals surface area (Å²) >= 11 is 6.54. The zero-order valence-electron chi connectivity index (χ0n) is 19.8. The highest BCUT2D eigenvalue weighted by Crippen LogP contribution is 2.38. The molecular weight excluding hydrogens is 440 g/mol. The van der Waals surface area contributed by atoms with Crippen molar-refractivity contribution in [3.8, 4) is 11.5 Å². The molecular formula is C25H35ClN4O3. The predicted octanol–water partition coefficient (Wildman–Crippen LogP) is 5.26. The number of amides is 1. The van der Waals surface area contributed by atoms with E-state index < -0.39 is 0 Å². The number of ether oxygens (including phenoxy) is 2. The maximum absolute atomic E-state index is 13.5. The smallest absolute Gasteiger partial charge is 0.254 e. The number of nitrogens with zero attached hydrogens (tertiary/aromatic N) is 4. The summed E-state index contributed by atoms with van der Waals surface area (Å²) in [6.45, 7) is 7.42. The molecule has 0 bridgehead atoms. The first-order valence-corrected chi connectivity index (χ1v) is 12.8. The maximum atomic E-state index is 13.5. The summed E-state index contributed by atoms with van der Waals surface area (Å²) in [6.07, 6.45) is 8.51. The molecule has 1 aromatic heterocycles. The van der Waals surface area contributed by atoms with Crippen LogP contribution in [0.4, 0.5) is 0 Å². The average molecular weight is 475 g/mol. The van der Waals surface area contributed by atoms with Crippen LogP contribution in [0.3, 0.4) is 0 Å². The number of hydrogen-bond donors (Lipinski definition) is 0. The number of carbonyl (C=O) groups excluding carboxylic acids is 1. The van der Waals surface area contributed by atoms with E-state index in [0.29, 0.717) is 41.8 Å². The summed E-state index contributed by atoms with van der Waals surface area (Å²) in [5.74, 6) is 3.36. The van der Waals surface area contributed by atoms with Crippen molar-refractivity contribution >= 4 is 17.5 Å². The first-order chi connectivity index (χ1) is 16.1. The molecule has 3 heterocycles. The Hall–Kier alpha value is -2.28. The Morgan fingerprint density at radius 1 is 1.12 bits per heavy atom. The van der Waals surface area contributed by atoms with Gasteiger partial charge in [0.25, 0.3) is 5.91 Å². The number of fused-ring (bicyclic) bond motifs is 1. The van der Waals surface area contributed by atoms with Crippen LogP contribution in [0, 0.1) is 0 Å². The molecule has 7 nitrogen and oxygen atoms in total. The molecule has 2 aliphatic rings. The van der Waals surface area contributed by atoms with Crippen molar-refractivity contribution in [3.63, 3.8) is 0 Å². The minimum atomic E-state index is -0.0294. The van der Waals surface area contributed by atoms with Crippen molar-refractivity contribution in [2.45, 2.75) is 77.7 Å². The van der Waals surface area contributed by atoms with Crippen LogP contribution < -0.4 is 9.47 Å². The van der Waals surface area contributed by atoms with Crippen LogP contribution in [0.15, 0.2) is 12.1 Å². The quantitative estimate of drug-likeness (QED) is 0.488. The van der Waals surface area contributed by atoms with E-state index in [1.165, 1.54) is 19.3 Å². The van der Waals surface area contributed by atoms with Gasteiger partial charge in [-0.15, -0.1) is 10.2 Å². The highest BCUT2D eigenvalue weighted by molar-refractivity contribution is 6.32. The molecule has 1 aromatic carbocycles. The van der Waals surface area contributed by atoms with E-state index >= 15 is 0 Å². The number of carbonyl (C=O) groups is 1. The van der Waals surface area contributed by atoms with E-state index in [1.807, 2.05) is 11.8 Å². The second-order valence-corrected chi connectivity index (χ2v) is 9.35. The van der Waals surface area contributed by atoms with Crippen LogP contribution in [-0.2, 0) is 13.0 Å². The summed E-state index contributed by atoms with van der Waals surface area (Å²) in [4.78, 5) is 15.4. The first-order valence-electron chi connectivity index (χ1n) is 12.4. The molecule has 1 atom stereocenters. The summed E-state index contributed by atoms with van der Waals surface area (Å²) in [5, 5.41) is 9.43. The van der Waals surface area contributed by atoms with Gasteiger partial charge in [0.2, 0.25) is 0 Å². The molecule has 1 amide bonds. The van der Waals surface area contributed by atoms with Crippen molar-refractivity contribution in [2.75, 3.05) is 26.3 Å². The number of unbranched alkanes of at least 4 members (excludes halogenated alkanes) is 1. The third-order valence-electron chi connectivity index (χ3n) is 6.51. The zero-order valence-corrected chi connectivity index (χ0v) is 20.6. The lowest BCUT2D eigenvalue weighted by Gasteiger charge is -2.32. The van der Waals surface area contributed by atoms with Gasteiger partial charge in [-0.1, -0.05) is 31.4 Å². The number of hydrogen-bond acceptors (Lipinski definition) is 5. The van der Waals surface area contributed by atoms with E-state index in [1.54, 1.807) is 12.1 Å². The minimum Gasteiger partial charge on any atom is -0.490 e. The number of aryl methyl sites for hydroxylation is 1. The lowest BCUT2D eigenvalue weighted by atomic mass is 9.96. The Kier molecular flexibility index (Phi) is 8.12. The monoisotopic (exact) mass is 474 g/mol. The van der Waals surface area contributed by atoms with E-state index in [4.69, 9.17) is 21.1 Å². The Labute approximate surface area is 201 Å². The van der Waals surface area contributed by atoms with Gasteiger partial charge in [-0.05, 0) is 51.2 Å². The van der Waals surface area contributed by atoms with Gasteiger partial charge < -0.3 is 18.9 Å². The fourth-order valence-electron chi connectivity index (χ4n) is 4.78. The van der Waals surface area contributed by atoms with Gasteiger partial charge >= 0.3 is 0 Å². The summed E-state index contributed by atoms with van der Waals surface area (Å²) < 4.78 is 14.0. The largest absolute Gasteiger partial charge is 0.490 e. The molecule has 0 saturated carbocycles. The van der Waals surface area contributed by atoms with Gasteiger partial charge in [-0.2, -0.15) is 0 Å². The Morgan fingerprint density at radius 3 is 2.82 bits per heavy atom. The summed E-state index contributed by atoms with van der Waals surface area (Å²) in [7, 11) is 0. The van der Waals surface area contributed by atoms with E-state index in [2.05, 4.69) is 21.7 Å². The highest BCUT2D eigenvalue weighted by atomic mass is 35.5. The summed E-state index contributed by atoms with van der Waals surface area (Å²) in [5.41, 5.74) is 0.534. The van der Waals surface area contributed by atoms with E-state index in [0.717, 1.165) is 56.8 Å². The third kappa shape index (κ3) is 5.45. The molecule has 0 N–H and O–H groups in total. The molecule has 2 aromatic rings. The molecule has 33 heavy (non-hydrogen) atoms. The van der Waals surface area contributed by atoms with Crippen molar-refractivity contribution in [2.24, 2.45) is 0 Å². The van der Waals surface area contributed by atoms with Crippen LogP contribution in [0.25, 0.3) is 0 Å². The van der Waals surface area contributed by atoms with Crippen molar-refractivity contribution in [1.29, 1.82) is 0 Å². The molecule has 0 aliphatic carbocycles. The van der Waals surface area contributed by atoms with Gasteiger partial charge in [-0.3, -0.25) is 4.79 Å². The summed E-state index contributed by atoms with van der Waals surface area (Å²) in [6, 6.07) is 3.48. The molecule has 4 rings (SSSR count). The van der Waals surface area contributed by atoms with Crippen LogP contribution in [0.1, 0.15) is 86.7 Å². The zero-order chi connectivity index (χ0) is 23.2. The molecule has 1 unspecified atom stereocenters. The number of rotatable bonds is 8. The number of benzene rings is 1. The lowest BCUT2D eigenvalue weighted by molar-refractivity contribution is 0.0702. The number of halogens is 1. The standard InChI is InChI=1S/C25H35ClN4O3/c1-3-5-14-33-23-20(26)15-19(16-21(23)32-4-2)25(31)29-12-9-10-18(17-29)24-28-27-22-11-7-6-8-13-30(22)24/h15-16,18H,3-14,17H2,1-2H3. The predicted molar refractivity (Wildman–Crippen MR) is 128 cm³/mol. The highest BCUT2D eigenvalue weighted by Gasteiger charge is 2.30. The molecule has 2 aliphatic heterocycles. The van der Waals surface area contributed by atoms with Gasteiger partial charge in [0.05, 0.1) is 18.2 Å². The first kappa shape index (κ1) is 23.9. The Bertz CT molecular complexity index is 961. The van der Waals surface area contributed by atoms with Crippen LogP contribution >= 0.6 is 11.6 Å². The van der Waals surface area contributed by atoms with Crippen molar-refractivity contribution < 1.29 is 14.3 Å². The van der Waals surface area contributed by atoms with Crippen LogP contribution in [0.5, 0.6) is 11.5 Å². The van der Waals surface area contributed by atoms with Crippen molar-refractivity contribution in [1.82, 2.24) is 19.7 Å². The lowest BCUT2D eigenvalue weighted by Crippen LogP contribution is -2.39. The van der Waals surface area contributed by atoms with Crippen LogP contribution in [-0.4, -0.2) is 51.9 Å². The number of piperidine rings is 1. The van der Waals surface area contributed by atoms with E-state index in [9.17, 15) is 4.79 Å². The Balaban J connectivity index is 1.52. The number of aromatic nitrogens is 3. The van der Waals surface area contributed by atoms with Gasteiger partial charge in [0.1, 0.15) is 11.6 Å². The molecule has 1 saturated heterocycles. The third-order valence-corrected chi connectivity index (χ3v) is 6.79. The Morgan fingerprint density at radius 2 is 2.00 bits per heavy atom. The second-order valence-electron chi connectivity index (χ2n) is 8.95.